The Morgan fingerprint density at radius 3 is 2.52 bits per heavy atom. The summed E-state index contributed by atoms with van der Waals surface area (Å²) in [5, 5.41) is 0.442. The van der Waals surface area contributed by atoms with Crippen LogP contribution >= 0.6 is 39.1 Å². The Hall–Kier alpha value is -1.32. The van der Waals surface area contributed by atoms with Gasteiger partial charge in [-0.05, 0) is 49.2 Å². The molecule has 0 bridgehead atoms. The van der Waals surface area contributed by atoms with Gasteiger partial charge in [-0.1, -0.05) is 39.1 Å². The second-order valence-electron chi connectivity index (χ2n) is 6.91. The van der Waals surface area contributed by atoms with Crippen LogP contribution in [0.5, 0.6) is 0 Å². The van der Waals surface area contributed by atoms with Crippen LogP contribution in [0.2, 0.25) is 10.0 Å². The molecule has 2 aliphatic rings. The van der Waals surface area contributed by atoms with Crippen molar-refractivity contribution in [1.82, 2.24) is 4.31 Å². The number of hydrogen-bond acceptors (Lipinski definition) is 4. The maximum Gasteiger partial charge on any atom is 0.414 e. The summed E-state index contributed by atoms with van der Waals surface area (Å²) >= 11 is 15.5. The van der Waals surface area contributed by atoms with Crippen molar-refractivity contribution in [3.63, 3.8) is 0 Å². The third-order valence-electron chi connectivity index (χ3n) is 5.15. The Morgan fingerprint density at radius 1 is 1.07 bits per heavy atom. The van der Waals surface area contributed by atoms with E-state index < -0.39 is 16.1 Å². The van der Waals surface area contributed by atoms with Crippen molar-refractivity contribution in [3.8, 4) is 0 Å². The van der Waals surface area contributed by atoms with E-state index in [0.29, 0.717) is 17.9 Å². The highest BCUT2D eigenvalue weighted by atomic mass is 79.9. The van der Waals surface area contributed by atoms with Gasteiger partial charge in [-0.2, -0.15) is 4.31 Å². The molecule has 0 aliphatic carbocycles. The monoisotopic (exact) mass is 518 g/mol. The Labute approximate surface area is 187 Å². The molecule has 0 aromatic heterocycles. The number of carbonyl (C=O) groups is 1. The summed E-state index contributed by atoms with van der Waals surface area (Å²) in [5.41, 5.74) is 1.73. The smallest absolute Gasteiger partial charge is 0.414 e. The number of cyclic esters (lactones) is 1. The summed E-state index contributed by atoms with van der Waals surface area (Å²) in [6.45, 7) is 0.765. The number of fused-ring (bicyclic) bond motifs is 1. The first kappa shape index (κ1) is 20.9. The fourth-order valence-corrected chi connectivity index (χ4v) is 6.33. The van der Waals surface area contributed by atoms with E-state index in [1.54, 1.807) is 11.0 Å². The molecule has 2 aromatic carbocycles. The molecule has 29 heavy (non-hydrogen) atoms. The minimum atomic E-state index is -3.77. The van der Waals surface area contributed by atoms with Gasteiger partial charge in [0.25, 0.3) is 0 Å². The molecule has 0 N–H and O–H groups in total. The van der Waals surface area contributed by atoms with Crippen LogP contribution in [0, 0.1) is 0 Å². The van der Waals surface area contributed by atoms with E-state index in [-0.39, 0.29) is 35.7 Å². The molecule has 0 atom stereocenters. The number of halogens is 3. The summed E-state index contributed by atoms with van der Waals surface area (Å²) in [6.07, 6.45) is 0.573. The zero-order chi connectivity index (χ0) is 20.8. The number of ether oxygens (including phenoxy) is 1. The van der Waals surface area contributed by atoms with Gasteiger partial charge in [0.2, 0.25) is 10.0 Å². The van der Waals surface area contributed by atoms with Gasteiger partial charge in [0, 0.05) is 34.2 Å². The molecule has 2 aliphatic heterocycles. The van der Waals surface area contributed by atoms with Gasteiger partial charge in [0.1, 0.15) is 11.5 Å². The lowest BCUT2D eigenvalue weighted by Gasteiger charge is -2.39. The predicted octanol–water partition coefficient (Wildman–Crippen LogP) is 5.07. The number of amides is 1. The second kappa shape index (κ2) is 8.07. The van der Waals surface area contributed by atoms with Crippen LogP contribution in [-0.4, -0.2) is 37.9 Å². The average molecular weight is 520 g/mol. The van der Waals surface area contributed by atoms with Crippen LogP contribution in [-0.2, 0) is 21.4 Å². The van der Waals surface area contributed by atoms with Crippen molar-refractivity contribution in [1.29, 1.82) is 0 Å². The molecule has 0 radical (unpaired) electrons. The van der Waals surface area contributed by atoms with E-state index in [2.05, 4.69) is 15.9 Å². The quantitative estimate of drug-likeness (QED) is 0.568. The Balaban J connectivity index is 1.54. The molecule has 2 heterocycles. The van der Waals surface area contributed by atoms with Crippen molar-refractivity contribution >= 4 is 60.9 Å². The molecule has 0 unspecified atom stereocenters. The highest BCUT2D eigenvalue weighted by Crippen LogP contribution is 2.35. The lowest BCUT2D eigenvalue weighted by Crippen LogP contribution is -2.50. The minimum absolute atomic E-state index is 0.00213. The summed E-state index contributed by atoms with van der Waals surface area (Å²) in [4.78, 5) is 14.1. The third kappa shape index (κ3) is 4.01. The van der Waals surface area contributed by atoms with Crippen molar-refractivity contribution < 1.29 is 17.9 Å². The number of piperidine rings is 1. The molecule has 0 spiro atoms. The van der Waals surface area contributed by atoms with Gasteiger partial charge < -0.3 is 4.74 Å². The van der Waals surface area contributed by atoms with Crippen LogP contribution < -0.4 is 4.90 Å². The first-order chi connectivity index (χ1) is 13.8. The largest absolute Gasteiger partial charge is 0.444 e. The molecule has 1 amide bonds. The standard InChI is InChI=1S/C19H17BrCl2N2O4S/c20-13-1-4-17-12(9-13)11-28-19(25)24(17)15-5-7-23(8-6-15)29(26,27)18-10-14(21)2-3-16(18)22/h1-4,9-10,15H,5-8,11H2. The molecule has 1 saturated heterocycles. The van der Waals surface area contributed by atoms with E-state index in [1.807, 2.05) is 18.2 Å². The predicted molar refractivity (Wildman–Crippen MR) is 115 cm³/mol. The Kier molecular flexibility index (Phi) is 5.83. The number of rotatable bonds is 3. The van der Waals surface area contributed by atoms with Crippen LogP contribution in [0.4, 0.5) is 10.5 Å². The fourth-order valence-electron chi connectivity index (χ4n) is 3.71. The number of anilines is 1. The van der Waals surface area contributed by atoms with E-state index in [0.717, 1.165) is 15.7 Å². The van der Waals surface area contributed by atoms with Gasteiger partial charge in [-0.15, -0.1) is 0 Å². The lowest BCUT2D eigenvalue weighted by molar-refractivity contribution is 0.135. The van der Waals surface area contributed by atoms with Gasteiger partial charge in [-0.25, -0.2) is 13.2 Å². The number of benzene rings is 2. The lowest BCUT2D eigenvalue weighted by atomic mass is 10.0. The molecule has 1 fully saturated rings. The average Bonchev–Trinajstić information content (AvgIpc) is 2.70. The highest BCUT2D eigenvalue weighted by molar-refractivity contribution is 9.10. The Morgan fingerprint density at radius 2 is 1.79 bits per heavy atom. The molecular formula is C19H17BrCl2N2O4S. The van der Waals surface area contributed by atoms with Gasteiger partial charge in [-0.3, -0.25) is 4.90 Å². The summed E-state index contributed by atoms with van der Waals surface area (Å²) in [5.74, 6) is 0. The summed E-state index contributed by atoms with van der Waals surface area (Å²) < 4.78 is 33.6. The van der Waals surface area contributed by atoms with E-state index >= 15 is 0 Å². The van der Waals surface area contributed by atoms with Crippen LogP contribution in [0.3, 0.4) is 0 Å². The molecule has 2 aromatic rings. The topological polar surface area (TPSA) is 66.9 Å². The second-order valence-corrected chi connectivity index (χ2v) is 10.6. The van der Waals surface area contributed by atoms with E-state index in [9.17, 15) is 13.2 Å². The maximum absolute atomic E-state index is 13.0. The SMILES string of the molecule is O=C1OCc2cc(Br)ccc2N1C1CCN(S(=O)(=O)c2cc(Cl)ccc2Cl)CC1. The minimum Gasteiger partial charge on any atom is -0.444 e. The van der Waals surface area contributed by atoms with Crippen molar-refractivity contribution in [2.45, 2.75) is 30.4 Å². The van der Waals surface area contributed by atoms with Gasteiger partial charge in [0.15, 0.2) is 0 Å². The molecule has 0 saturated carbocycles. The van der Waals surface area contributed by atoms with Gasteiger partial charge >= 0.3 is 6.09 Å². The van der Waals surface area contributed by atoms with Crippen LogP contribution in [0.25, 0.3) is 0 Å². The zero-order valence-corrected chi connectivity index (χ0v) is 19.1. The summed E-state index contributed by atoms with van der Waals surface area (Å²) in [6, 6.07) is 9.93. The number of hydrogen-bond donors (Lipinski definition) is 0. The van der Waals surface area contributed by atoms with Gasteiger partial charge in [0.05, 0.1) is 10.7 Å². The third-order valence-corrected chi connectivity index (χ3v) is 8.26. The van der Waals surface area contributed by atoms with E-state index in [4.69, 9.17) is 27.9 Å². The van der Waals surface area contributed by atoms with E-state index in [1.165, 1.54) is 16.4 Å². The number of nitrogens with zero attached hydrogens (tertiary/aromatic N) is 2. The molecule has 6 nitrogen and oxygen atoms in total. The van der Waals surface area contributed by atoms with Crippen LogP contribution in [0.15, 0.2) is 45.8 Å². The maximum atomic E-state index is 13.0. The Bertz CT molecular complexity index is 1070. The normalized spacial score (nSPS) is 18.4. The first-order valence-corrected chi connectivity index (χ1v) is 12.0. The first-order valence-electron chi connectivity index (χ1n) is 8.97. The van der Waals surface area contributed by atoms with Crippen LogP contribution in [0.1, 0.15) is 18.4 Å². The summed E-state index contributed by atoms with van der Waals surface area (Å²) in [7, 11) is -3.77. The highest BCUT2D eigenvalue weighted by Gasteiger charge is 2.37. The van der Waals surface area contributed by atoms with Crippen molar-refractivity contribution in [2.24, 2.45) is 0 Å². The number of sulfonamides is 1. The molecule has 4 rings (SSSR count). The molecule has 154 valence electrons. The number of carbonyl (C=O) groups excluding carboxylic acids is 1. The molecule has 10 heteroatoms. The zero-order valence-electron chi connectivity index (χ0n) is 15.1. The van der Waals surface area contributed by atoms with Crippen molar-refractivity contribution in [3.05, 3.63) is 56.5 Å². The fraction of sp³-hybridized carbons (Fsp3) is 0.316. The van der Waals surface area contributed by atoms with Crippen molar-refractivity contribution in [2.75, 3.05) is 18.0 Å². The molecular weight excluding hydrogens is 503 g/mol.